The van der Waals surface area contributed by atoms with Crippen LogP contribution in [-0.4, -0.2) is 5.78 Å². The Labute approximate surface area is 171 Å². The zero-order valence-electron chi connectivity index (χ0n) is 16.9. The Balaban J connectivity index is 1.92. The van der Waals surface area contributed by atoms with Gasteiger partial charge in [-0.15, -0.1) is 0 Å². The normalized spacial score (nSPS) is 12.2. The number of hydrogen-bond acceptors (Lipinski definition) is 1. The minimum absolute atomic E-state index is 0.0653. The largest absolute Gasteiger partial charge is 0.293 e. The molecule has 0 aliphatic carbocycles. The second kappa shape index (κ2) is 9.60. The fourth-order valence-corrected chi connectivity index (χ4v) is 3.83. The second-order valence-electron chi connectivity index (χ2n) is 7.41. The zero-order chi connectivity index (χ0) is 20.8. The average Bonchev–Trinajstić information content (AvgIpc) is 2.74. The van der Waals surface area contributed by atoms with Gasteiger partial charge in [0, 0.05) is 0 Å². The van der Waals surface area contributed by atoms with Crippen molar-refractivity contribution in [1.82, 2.24) is 0 Å². The average molecular weight is 392 g/mol. The molecule has 0 aromatic heterocycles. The molecule has 0 saturated carbocycles. The predicted molar refractivity (Wildman–Crippen MR) is 113 cm³/mol. The van der Waals surface area contributed by atoms with Gasteiger partial charge in [-0.25, -0.2) is 8.78 Å². The van der Waals surface area contributed by atoms with Crippen molar-refractivity contribution in [3.63, 3.8) is 0 Å². The first-order chi connectivity index (χ1) is 14.0. The number of benzene rings is 3. The third kappa shape index (κ3) is 4.97. The van der Waals surface area contributed by atoms with E-state index in [1.54, 1.807) is 24.3 Å². The maximum Gasteiger partial charge on any atom is 0.173 e. The van der Waals surface area contributed by atoms with Gasteiger partial charge in [0.15, 0.2) is 5.78 Å². The molecule has 29 heavy (non-hydrogen) atoms. The molecule has 0 N–H and O–H groups in total. The number of carbonyl (C=O) groups is 1. The van der Waals surface area contributed by atoms with Crippen molar-refractivity contribution in [3.8, 4) is 0 Å². The van der Waals surface area contributed by atoms with Gasteiger partial charge in [-0.2, -0.15) is 0 Å². The van der Waals surface area contributed by atoms with E-state index in [-0.39, 0.29) is 17.2 Å². The maximum absolute atomic E-state index is 14.3. The molecule has 0 amide bonds. The first-order valence-corrected chi connectivity index (χ1v) is 10.2. The highest BCUT2D eigenvalue weighted by molar-refractivity contribution is 6.01. The Morgan fingerprint density at radius 2 is 1.38 bits per heavy atom. The lowest BCUT2D eigenvalue weighted by Gasteiger charge is -2.18. The lowest BCUT2D eigenvalue weighted by atomic mass is 9.84. The molecule has 150 valence electrons. The van der Waals surface area contributed by atoms with Crippen LogP contribution in [0.5, 0.6) is 0 Å². The van der Waals surface area contributed by atoms with E-state index in [1.807, 2.05) is 12.1 Å². The van der Waals surface area contributed by atoms with Crippen LogP contribution in [0.15, 0.2) is 72.8 Å². The monoisotopic (exact) mass is 392 g/mol. The van der Waals surface area contributed by atoms with Gasteiger partial charge in [0.05, 0.1) is 11.5 Å². The summed E-state index contributed by atoms with van der Waals surface area (Å²) in [5.41, 5.74) is 3.04. The number of rotatable bonds is 8. The number of carbonyl (C=O) groups excluding carboxylic acids is 1. The summed E-state index contributed by atoms with van der Waals surface area (Å²) in [7, 11) is 0. The van der Waals surface area contributed by atoms with Crippen molar-refractivity contribution < 1.29 is 13.6 Å². The molecule has 0 aliphatic rings. The van der Waals surface area contributed by atoms with Gasteiger partial charge in [-0.05, 0) is 66.1 Å². The lowest BCUT2D eigenvalue weighted by Crippen LogP contribution is -2.17. The van der Waals surface area contributed by atoms with Gasteiger partial charge >= 0.3 is 0 Å². The van der Waals surface area contributed by atoms with Gasteiger partial charge in [0.2, 0.25) is 0 Å². The summed E-state index contributed by atoms with van der Waals surface area (Å²) in [5.74, 6) is -1.24. The Morgan fingerprint density at radius 1 is 0.793 bits per heavy atom. The fraction of sp³-hybridized carbons (Fsp3) is 0.269. The molecule has 3 aromatic carbocycles. The van der Waals surface area contributed by atoms with Crippen LogP contribution in [-0.2, 0) is 6.42 Å². The molecule has 1 unspecified atom stereocenters. The van der Waals surface area contributed by atoms with E-state index in [9.17, 15) is 13.6 Å². The summed E-state index contributed by atoms with van der Waals surface area (Å²) in [4.78, 5) is 13.2. The van der Waals surface area contributed by atoms with E-state index >= 15 is 0 Å². The SMILES string of the molecule is CCC(CC)c1ccc(CC(C(=O)c2ccccc2F)c2ccc(F)cc2)cc1. The van der Waals surface area contributed by atoms with Crippen molar-refractivity contribution in [2.75, 3.05) is 0 Å². The summed E-state index contributed by atoms with van der Waals surface area (Å²) in [6.45, 7) is 4.36. The van der Waals surface area contributed by atoms with Crippen LogP contribution >= 0.6 is 0 Å². The third-order valence-corrected chi connectivity index (χ3v) is 5.60. The zero-order valence-corrected chi connectivity index (χ0v) is 16.9. The van der Waals surface area contributed by atoms with Crippen molar-refractivity contribution in [2.45, 2.75) is 44.9 Å². The van der Waals surface area contributed by atoms with Crippen LogP contribution in [0.2, 0.25) is 0 Å². The van der Waals surface area contributed by atoms with E-state index in [1.165, 1.54) is 29.8 Å². The van der Waals surface area contributed by atoms with Gasteiger partial charge in [0.1, 0.15) is 11.6 Å². The molecule has 0 fully saturated rings. The molecule has 3 aromatic rings. The van der Waals surface area contributed by atoms with Crippen molar-refractivity contribution in [1.29, 1.82) is 0 Å². The molecule has 0 heterocycles. The first kappa shape index (κ1) is 20.9. The molecule has 3 rings (SSSR count). The predicted octanol–water partition coefficient (Wildman–Crippen LogP) is 7.08. The summed E-state index contributed by atoms with van der Waals surface area (Å²) in [6, 6.07) is 20.2. The minimum atomic E-state index is -0.577. The molecule has 0 spiro atoms. The molecule has 1 nitrogen and oxygen atoms in total. The highest BCUT2D eigenvalue weighted by atomic mass is 19.1. The van der Waals surface area contributed by atoms with Crippen LogP contribution in [0, 0.1) is 11.6 Å². The highest BCUT2D eigenvalue weighted by Crippen LogP contribution is 2.28. The van der Waals surface area contributed by atoms with E-state index < -0.39 is 11.7 Å². The third-order valence-electron chi connectivity index (χ3n) is 5.60. The second-order valence-corrected chi connectivity index (χ2v) is 7.41. The fourth-order valence-electron chi connectivity index (χ4n) is 3.83. The molecular formula is C26H26F2O. The number of hydrogen-bond donors (Lipinski definition) is 0. The molecular weight excluding hydrogens is 366 g/mol. The Hall–Kier alpha value is -2.81. The smallest absolute Gasteiger partial charge is 0.173 e. The van der Waals surface area contributed by atoms with Crippen molar-refractivity contribution >= 4 is 5.78 Å². The standard InChI is InChI=1S/C26H26F2O/c1-3-19(4-2)20-11-9-18(10-12-20)17-24(21-13-15-22(27)16-14-21)26(29)23-7-5-6-8-25(23)28/h5-16,19,24H,3-4,17H2,1-2H3. The number of Topliss-reactive ketones (excluding diaryl/α,β-unsaturated/α-hetero) is 1. The Bertz CT molecular complexity index is 941. The van der Waals surface area contributed by atoms with Crippen LogP contribution in [0.4, 0.5) is 8.78 Å². The quantitative estimate of drug-likeness (QED) is 0.374. The summed E-state index contributed by atoms with van der Waals surface area (Å²) in [5, 5.41) is 0. The Morgan fingerprint density at radius 3 is 1.97 bits per heavy atom. The molecule has 0 aliphatic heterocycles. The van der Waals surface area contributed by atoms with E-state index in [0.717, 1.165) is 18.4 Å². The molecule has 0 radical (unpaired) electrons. The van der Waals surface area contributed by atoms with Gasteiger partial charge < -0.3 is 0 Å². The van der Waals surface area contributed by atoms with E-state index in [0.29, 0.717) is 17.9 Å². The topological polar surface area (TPSA) is 17.1 Å². The van der Waals surface area contributed by atoms with Crippen LogP contribution < -0.4 is 0 Å². The van der Waals surface area contributed by atoms with Crippen molar-refractivity contribution in [3.05, 3.63) is 107 Å². The van der Waals surface area contributed by atoms with Crippen LogP contribution in [0.25, 0.3) is 0 Å². The summed E-state index contributed by atoms with van der Waals surface area (Å²) < 4.78 is 27.7. The van der Waals surface area contributed by atoms with Crippen LogP contribution in [0.3, 0.4) is 0 Å². The van der Waals surface area contributed by atoms with Gasteiger partial charge in [0.25, 0.3) is 0 Å². The molecule has 0 bridgehead atoms. The number of ketones is 1. The summed E-state index contributed by atoms with van der Waals surface area (Å²) >= 11 is 0. The molecule has 3 heteroatoms. The first-order valence-electron chi connectivity index (χ1n) is 10.2. The highest BCUT2D eigenvalue weighted by Gasteiger charge is 2.25. The van der Waals surface area contributed by atoms with Gasteiger partial charge in [-0.3, -0.25) is 4.79 Å². The number of halogens is 2. The van der Waals surface area contributed by atoms with E-state index in [4.69, 9.17) is 0 Å². The van der Waals surface area contributed by atoms with Gasteiger partial charge in [-0.1, -0.05) is 62.4 Å². The van der Waals surface area contributed by atoms with E-state index in [2.05, 4.69) is 26.0 Å². The van der Waals surface area contributed by atoms with Crippen LogP contribution in [0.1, 0.15) is 65.6 Å². The molecule has 0 saturated heterocycles. The molecule has 1 atom stereocenters. The minimum Gasteiger partial charge on any atom is -0.293 e. The summed E-state index contributed by atoms with van der Waals surface area (Å²) in [6.07, 6.45) is 2.60. The Kier molecular flexibility index (Phi) is 6.92. The van der Waals surface area contributed by atoms with Crippen molar-refractivity contribution in [2.24, 2.45) is 0 Å². The maximum atomic E-state index is 14.3. The lowest BCUT2D eigenvalue weighted by molar-refractivity contribution is 0.0955.